The molecule has 0 fully saturated rings. The highest BCUT2D eigenvalue weighted by Gasteiger charge is 2.20. The number of rotatable bonds is 2. The molecule has 0 spiro atoms. The SMILES string of the molecule is O=C(NNC(=O)c1c(F)cccc1F)c1c(F)cccc1F. The van der Waals surface area contributed by atoms with E-state index in [1.54, 1.807) is 10.9 Å². The molecule has 0 unspecified atom stereocenters. The first kappa shape index (κ1) is 15.5. The predicted octanol–water partition coefficient (Wildman–Crippen LogP) is 2.32. The predicted molar refractivity (Wildman–Crippen MR) is 67.6 cm³/mol. The molecule has 22 heavy (non-hydrogen) atoms. The number of benzene rings is 2. The van der Waals surface area contributed by atoms with Crippen molar-refractivity contribution >= 4 is 11.8 Å². The van der Waals surface area contributed by atoms with Crippen LogP contribution in [0.25, 0.3) is 0 Å². The van der Waals surface area contributed by atoms with Crippen LogP contribution in [0.2, 0.25) is 0 Å². The summed E-state index contributed by atoms with van der Waals surface area (Å²) in [5.74, 6) is -7.21. The summed E-state index contributed by atoms with van der Waals surface area (Å²) in [6.45, 7) is 0. The lowest BCUT2D eigenvalue weighted by Crippen LogP contribution is -2.43. The molecule has 0 heterocycles. The van der Waals surface area contributed by atoms with E-state index in [0.717, 1.165) is 36.4 Å². The lowest BCUT2D eigenvalue weighted by atomic mass is 10.2. The summed E-state index contributed by atoms with van der Waals surface area (Å²) in [5, 5.41) is 0. The highest BCUT2D eigenvalue weighted by atomic mass is 19.1. The van der Waals surface area contributed by atoms with Crippen molar-refractivity contribution in [2.45, 2.75) is 0 Å². The van der Waals surface area contributed by atoms with Crippen LogP contribution in [0.15, 0.2) is 36.4 Å². The first-order valence-electron chi connectivity index (χ1n) is 5.90. The van der Waals surface area contributed by atoms with Crippen LogP contribution in [-0.2, 0) is 0 Å². The fraction of sp³-hybridized carbons (Fsp3) is 0. The molecule has 0 aromatic heterocycles. The number of halogens is 4. The van der Waals surface area contributed by atoms with Crippen molar-refractivity contribution in [2.24, 2.45) is 0 Å². The van der Waals surface area contributed by atoms with Crippen LogP contribution in [0.3, 0.4) is 0 Å². The third-order valence-corrected chi connectivity index (χ3v) is 2.67. The van der Waals surface area contributed by atoms with Crippen LogP contribution in [0.4, 0.5) is 17.6 Å². The topological polar surface area (TPSA) is 58.2 Å². The summed E-state index contributed by atoms with van der Waals surface area (Å²) in [4.78, 5) is 23.2. The van der Waals surface area contributed by atoms with Gasteiger partial charge in [-0.3, -0.25) is 20.4 Å². The Morgan fingerprint density at radius 3 is 1.18 bits per heavy atom. The fourth-order valence-corrected chi connectivity index (χ4v) is 1.67. The van der Waals surface area contributed by atoms with Gasteiger partial charge in [0.15, 0.2) is 0 Å². The van der Waals surface area contributed by atoms with Crippen molar-refractivity contribution in [1.29, 1.82) is 0 Å². The van der Waals surface area contributed by atoms with Crippen LogP contribution in [0.5, 0.6) is 0 Å². The van der Waals surface area contributed by atoms with Crippen molar-refractivity contribution < 1.29 is 27.2 Å². The van der Waals surface area contributed by atoms with E-state index < -0.39 is 46.2 Å². The Hall–Kier alpha value is -2.90. The van der Waals surface area contributed by atoms with E-state index in [0.29, 0.717) is 0 Å². The van der Waals surface area contributed by atoms with E-state index in [9.17, 15) is 27.2 Å². The van der Waals surface area contributed by atoms with Gasteiger partial charge >= 0.3 is 0 Å². The minimum atomic E-state index is -1.30. The van der Waals surface area contributed by atoms with Gasteiger partial charge in [0.1, 0.15) is 34.4 Å². The van der Waals surface area contributed by atoms with Gasteiger partial charge in [-0.25, -0.2) is 17.6 Å². The van der Waals surface area contributed by atoms with Crippen LogP contribution >= 0.6 is 0 Å². The number of hydrogen-bond donors (Lipinski definition) is 2. The molecule has 0 aliphatic carbocycles. The molecule has 2 amide bonds. The minimum Gasteiger partial charge on any atom is -0.267 e. The van der Waals surface area contributed by atoms with E-state index in [2.05, 4.69) is 0 Å². The molecule has 2 aromatic carbocycles. The van der Waals surface area contributed by atoms with Crippen molar-refractivity contribution in [3.8, 4) is 0 Å². The Labute approximate surface area is 121 Å². The van der Waals surface area contributed by atoms with Crippen molar-refractivity contribution in [3.05, 3.63) is 70.8 Å². The highest BCUT2D eigenvalue weighted by molar-refractivity contribution is 5.99. The second-order valence-electron chi connectivity index (χ2n) is 4.10. The van der Waals surface area contributed by atoms with Crippen molar-refractivity contribution in [1.82, 2.24) is 10.9 Å². The molecule has 2 N–H and O–H groups in total. The maximum atomic E-state index is 13.3. The zero-order valence-corrected chi connectivity index (χ0v) is 10.8. The molecule has 0 saturated carbocycles. The third kappa shape index (κ3) is 3.05. The monoisotopic (exact) mass is 312 g/mol. The average Bonchev–Trinajstić information content (AvgIpc) is 2.44. The van der Waals surface area contributed by atoms with Gasteiger partial charge in [-0.05, 0) is 24.3 Å². The fourth-order valence-electron chi connectivity index (χ4n) is 1.67. The number of amides is 2. The number of nitrogens with one attached hydrogen (secondary N) is 2. The number of carbonyl (C=O) groups is 2. The molecule has 8 heteroatoms. The van der Waals surface area contributed by atoms with Gasteiger partial charge < -0.3 is 0 Å². The van der Waals surface area contributed by atoms with E-state index in [-0.39, 0.29) is 0 Å². The summed E-state index contributed by atoms with van der Waals surface area (Å²) in [7, 11) is 0. The Bertz CT molecular complexity index is 646. The maximum absolute atomic E-state index is 13.3. The molecule has 0 saturated heterocycles. The summed E-state index contributed by atoms with van der Waals surface area (Å²) >= 11 is 0. The molecule has 0 atom stereocenters. The molecule has 4 nitrogen and oxygen atoms in total. The average molecular weight is 312 g/mol. The quantitative estimate of drug-likeness (QED) is 0.660. The molecule has 0 bridgehead atoms. The summed E-state index contributed by atoms with van der Waals surface area (Å²) in [5.41, 5.74) is 1.50. The summed E-state index contributed by atoms with van der Waals surface area (Å²) < 4.78 is 53.4. The molecule has 2 rings (SSSR count). The van der Waals surface area contributed by atoms with Gasteiger partial charge in [0.25, 0.3) is 11.8 Å². The Kier molecular flexibility index (Phi) is 4.40. The van der Waals surface area contributed by atoms with Gasteiger partial charge in [0.2, 0.25) is 0 Å². The first-order chi connectivity index (χ1) is 10.4. The van der Waals surface area contributed by atoms with Gasteiger partial charge in [0, 0.05) is 0 Å². The van der Waals surface area contributed by atoms with Crippen molar-refractivity contribution in [3.63, 3.8) is 0 Å². The molecular formula is C14H8F4N2O2. The van der Waals surface area contributed by atoms with E-state index in [1.807, 2.05) is 0 Å². The van der Waals surface area contributed by atoms with E-state index in [1.165, 1.54) is 0 Å². The van der Waals surface area contributed by atoms with Crippen LogP contribution in [0.1, 0.15) is 20.7 Å². The molecule has 0 aliphatic rings. The lowest BCUT2D eigenvalue weighted by Gasteiger charge is -2.09. The summed E-state index contributed by atoms with van der Waals surface area (Å²) in [6, 6.07) is 5.48. The zero-order chi connectivity index (χ0) is 16.3. The first-order valence-corrected chi connectivity index (χ1v) is 5.90. The number of carbonyl (C=O) groups excluding carboxylic acids is 2. The smallest absolute Gasteiger partial charge is 0.267 e. The van der Waals surface area contributed by atoms with Crippen LogP contribution in [-0.4, -0.2) is 11.8 Å². The lowest BCUT2D eigenvalue weighted by molar-refractivity contribution is 0.0836. The third-order valence-electron chi connectivity index (χ3n) is 2.67. The Morgan fingerprint density at radius 2 is 0.909 bits per heavy atom. The Morgan fingerprint density at radius 1 is 0.636 bits per heavy atom. The van der Waals surface area contributed by atoms with Gasteiger partial charge in [-0.15, -0.1) is 0 Å². The molecule has 0 radical (unpaired) electrons. The second kappa shape index (κ2) is 6.25. The van der Waals surface area contributed by atoms with Crippen molar-refractivity contribution in [2.75, 3.05) is 0 Å². The minimum absolute atomic E-state index is 0.844. The van der Waals surface area contributed by atoms with E-state index >= 15 is 0 Å². The molecule has 114 valence electrons. The van der Waals surface area contributed by atoms with Crippen LogP contribution in [0, 0.1) is 23.3 Å². The van der Waals surface area contributed by atoms with Gasteiger partial charge in [-0.1, -0.05) is 12.1 Å². The largest absolute Gasteiger partial charge is 0.275 e. The van der Waals surface area contributed by atoms with Gasteiger partial charge in [-0.2, -0.15) is 0 Å². The molecule has 2 aromatic rings. The Balaban J connectivity index is 2.13. The standard InChI is InChI=1S/C14H8F4N2O2/c15-7-3-1-4-8(16)11(7)13(21)19-20-14(22)12-9(17)5-2-6-10(12)18/h1-6H,(H,19,21)(H,20,22). The number of hydrazine groups is 1. The maximum Gasteiger partial charge on any atom is 0.275 e. The van der Waals surface area contributed by atoms with Crippen LogP contribution < -0.4 is 10.9 Å². The van der Waals surface area contributed by atoms with Gasteiger partial charge in [0.05, 0.1) is 0 Å². The zero-order valence-electron chi connectivity index (χ0n) is 10.8. The molecular weight excluding hydrogens is 304 g/mol. The number of hydrogen-bond acceptors (Lipinski definition) is 2. The normalized spacial score (nSPS) is 10.2. The summed E-state index contributed by atoms with van der Waals surface area (Å²) in [6.07, 6.45) is 0. The molecule has 0 aliphatic heterocycles. The van der Waals surface area contributed by atoms with E-state index in [4.69, 9.17) is 0 Å². The highest BCUT2D eigenvalue weighted by Crippen LogP contribution is 2.13. The second-order valence-corrected chi connectivity index (χ2v) is 4.10.